The molecule has 0 bridgehead atoms. The Morgan fingerprint density at radius 1 is 1.33 bits per heavy atom. The SMILES string of the molecule is Cc1ccc(OCC(O)CNCC(C)C)c(Cl)c1. The molecule has 1 aromatic carbocycles. The molecular weight excluding hydrogens is 250 g/mol. The lowest BCUT2D eigenvalue weighted by Crippen LogP contribution is -2.33. The first-order valence-corrected chi connectivity index (χ1v) is 6.64. The fourth-order valence-corrected chi connectivity index (χ4v) is 1.80. The number of ether oxygens (including phenoxy) is 1. The fourth-order valence-electron chi connectivity index (χ4n) is 1.51. The van der Waals surface area contributed by atoms with Gasteiger partial charge in [0, 0.05) is 6.54 Å². The van der Waals surface area contributed by atoms with Gasteiger partial charge in [0.2, 0.25) is 0 Å². The molecule has 0 aromatic heterocycles. The quantitative estimate of drug-likeness (QED) is 0.801. The lowest BCUT2D eigenvalue weighted by Gasteiger charge is -2.15. The molecule has 0 heterocycles. The Kier molecular flexibility index (Phi) is 6.47. The van der Waals surface area contributed by atoms with Gasteiger partial charge in [0.05, 0.1) is 5.02 Å². The molecule has 0 radical (unpaired) electrons. The third-order valence-corrected chi connectivity index (χ3v) is 2.75. The maximum atomic E-state index is 9.74. The van der Waals surface area contributed by atoms with Gasteiger partial charge in [-0.2, -0.15) is 0 Å². The van der Waals surface area contributed by atoms with E-state index >= 15 is 0 Å². The molecule has 1 rings (SSSR count). The molecule has 0 spiro atoms. The lowest BCUT2D eigenvalue weighted by molar-refractivity contribution is 0.106. The number of aliphatic hydroxyl groups excluding tert-OH is 1. The number of hydrogen-bond acceptors (Lipinski definition) is 3. The van der Waals surface area contributed by atoms with Crippen LogP contribution >= 0.6 is 11.6 Å². The van der Waals surface area contributed by atoms with Crippen molar-refractivity contribution in [2.45, 2.75) is 26.9 Å². The second-order valence-electron chi connectivity index (χ2n) is 4.95. The van der Waals surface area contributed by atoms with E-state index in [1.807, 2.05) is 25.1 Å². The summed E-state index contributed by atoms with van der Waals surface area (Å²) in [4.78, 5) is 0. The van der Waals surface area contributed by atoms with Gasteiger partial charge < -0.3 is 15.2 Å². The normalized spacial score (nSPS) is 12.8. The summed E-state index contributed by atoms with van der Waals surface area (Å²) in [5.74, 6) is 1.19. The first-order valence-electron chi connectivity index (χ1n) is 6.26. The topological polar surface area (TPSA) is 41.5 Å². The molecule has 0 aliphatic carbocycles. The molecule has 2 N–H and O–H groups in total. The number of halogens is 1. The average Bonchev–Trinajstić information content (AvgIpc) is 2.27. The molecular formula is C14H22ClNO2. The molecule has 1 aromatic rings. The molecule has 1 atom stereocenters. The Morgan fingerprint density at radius 3 is 2.67 bits per heavy atom. The predicted octanol–water partition coefficient (Wildman–Crippen LogP) is 2.63. The van der Waals surface area contributed by atoms with Crippen molar-refractivity contribution in [2.75, 3.05) is 19.7 Å². The number of aliphatic hydroxyl groups is 1. The monoisotopic (exact) mass is 271 g/mol. The van der Waals surface area contributed by atoms with Crippen molar-refractivity contribution in [3.63, 3.8) is 0 Å². The Labute approximate surface area is 114 Å². The van der Waals surface area contributed by atoms with Crippen LogP contribution in [-0.2, 0) is 0 Å². The zero-order chi connectivity index (χ0) is 13.5. The standard InChI is InChI=1S/C14H22ClNO2/c1-10(2)7-16-8-12(17)9-18-14-5-4-11(3)6-13(14)15/h4-6,10,12,16-17H,7-9H2,1-3H3. The third kappa shape index (κ3) is 5.71. The number of hydrogen-bond donors (Lipinski definition) is 2. The van der Waals surface area contributed by atoms with E-state index in [4.69, 9.17) is 16.3 Å². The van der Waals surface area contributed by atoms with Gasteiger partial charge in [-0.05, 0) is 37.1 Å². The van der Waals surface area contributed by atoms with Crippen LogP contribution in [-0.4, -0.2) is 30.9 Å². The number of nitrogens with one attached hydrogen (secondary N) is 1. The minimum atomic E-state index is -0.527. The van der Waals surface area contributed by atoms with E-state index in [0.29, 0.717) is 23.2 Å². The zero-order valence-electron chi connectivity index (χ0n) is 11.2. The van der Waals surface area contributed by atoms with E-state index < -0.39 is 6.10 Å². The number of rotatable bonds is 7. The highest BCUT2D eigenvalue weighted by molar-refractivity contribution is 6.32. The van der Waals surface area contributed by atoms with Crippen molar-refractivity contribution >= 4 is 11.6 Å². The summed E-state index contributed by atoms with van der Waals surface area (Å²) in [6.45, 7) is 7.89. The first-order chi connectivity index (χ1) is 8.49. The predicted molar refractivity (Wildman–Crippen MR) is 75.4 cm³/mol. The highest BCUT2D eigenvalue weighted by atomic mass is 35.5. The minimum Gasteiger partial charge on any atom is -0.489 e. The molecule has 18 heavy (non-hydrogen) atoms. The summed E-state index contributed by atoms with van der Waals surface area (Å²) in [6.07, 6.45) is -0.527. The van der Waals surface area contributed by atoms with Crippen LogP contribution in [0.15, 0.2) is 18.2 Å². The maximum Gasteiger partial charge on any atom is 0.138 e. The van der Waals surface area contributed by atoms with E-state index in [1.165, 1.54) is 0 Å². The smallest absolute Gasteiger partial charge is 0.138 e. The second kappa shape index (κ2) is 7.62. The molecule has 0 aliphatic heterocycles. The van der Waals surface area contributed by atoms with E-state index in [-0.39, 0.29) is 6.61 Å². The molecule has 0 fully saturated rings. The first kappa shape index (κ1) is 15.3. The van der Waals surface area contributed by atoms with E-state index in [2.05, 4.69) is 19.2 Å². The van der Waals surface area contributed by atoms with Crippen molar-refractivity contribution < 1.29 is 9.84 Å². The maximum absolute atomic E-state index is 9.74. The van der Waals surface area contributed by atoms with Gasteiger partial charge in [-0.3, -0.25) is 0 Å². The van der Waals surface area contributed by atoms with Crippen molar-refractivity contribution in [1.29, 1.82) is 0 Å². The molecule has 0 saturated heterocycles. The summed E-state index contributed by atoms with van der Waals surface area (Å²) >= 11 is 6.04. The Bertz CT molecular complexity index is 369. The van der Waals surface area contributed by atoms with E-state index in [9.17, 15) is 5.11 Å². The molecule has 0 aliphatic rings. The van der Waals surface area contributed by atoms with Crippen LogP contribution in [0, 0.1) is 12.8 Å². The van der Waals surface area contributed by atoms with Crippen molar-refractivity contribution in [2.24, 2.45) is 5.92 Å². The van der Waals surface area contributed by atoms with Crippen LogP contribution < -0.4 is 10.1 Å². The molecule has 3 nitrogen and oxygen atoms in total. The summed E-state index contributed by atoms with van der Waals surface area (Å²) in [5, 5.41) is 13.5. The van der Waals surface area contributed by atoms with Gasteiger partial charge >= 0.3 is 0 Å². The van der Waals surface area contributed by atoms with Crippen LogP contribution in [0.3, 0.4) is 0 Å². The Hall–Kier alpha value is -0.770. The minimum absolute atomic E-state index is 0.244. The largest absolute Gasteiger partial charge is 0.489 e. The number of benzene rings is 1. The zero-order valence-corrected chi connectivity index (χ0v) is 12.0. The Morgan fingerprint density at radius 2 is 2.06 bits per heavy atom. The fraction of sp³-hybridized carbons (Fsp3) is 0.571. The summed E-state index contributed by atoms with van der Waals surface area (Å²) in [7, 11) is 0. The van der Waals surface area contributed by atoms with Crippen LogP contribution in [0.1, 0.15) is 19.4 Å². The van der Waals surface area contributed by atoms with Gasteiger partial charge in [0.25, 0.3) is 0 Å². The summed E-state index contributed by atoms with van der Waals surface area (Å²) in [6, 6.07) is 5.61. The van der Waals surface area contributed by atoms with Crippen LogP contribution in [0.4, 0.5) is 0 Å². The summed E-state index contributed by atoms with van der Waals surface area (Å²) in [5.41, 5.74) is 1.09. The van der Waals surface area contributed by atoms with Gasteiger partial charge in [-0.15, -0.1) is 0 Å². The Balaban J connectivity index is 2.31. The third-order valence-electron chi connectivity index (χ3n) is 2.45. The van der Waals surface area contributed by atoms with Crippen LogP contribution in [0.2, 0.25) is 5.02 Å². The van der Waals surface area contributed by atoms with Crippen molar-refractivity contribution in [3.8, 4) is 5.75 Å². The number of aryl methyl sites for hydroxylation is 1. The van der Waals surface area contributed by atoms with Crippen LogP contribution in [0.25, 0.3) is 0 Å². The van der Waals surface area contributed by atoms with E-state index in [0.717, 1.165) is 12.1 Å². The lowest BCUT2D eigenvalue weighted by atomic mass is 10.2. The molecule has 0 saturated carbocycles. The van der Waals surface area contributed by atoms with Crippen LogP contribution in [0.5, 0.6) is 5.75 Å². The van der Waals surface area contributed by atoms with E-state index in [1.54, 1.807) is 0 Å². The van der Waals surface area contributed by atoms with Gasteiger partial charge in [0.1, 0.15) is 18.5 Å². The summed E-state index contributed by atoms with van der Waals surface area (Å²) < 4.78 is 5.49. The second-order valence-corrected chi connectivity index (χ2v) is 5.36. The highest BCUT2D eigenvalue weighted by Crippen LogP contribution is 2.25. The van der Waals surface area contributed by atoms with Gasteiger partial charge in [-0.1, -0.05) is 31.5 Å². The van der Waals surface area contributed by atoms with Gasteiger partial charge in [0.15, 0.2) is 0 Å². The molecule has 102 valence electrons. The van der Waals surface area contributed by atoms with Crippen molar-refractivity contribution in [3.05, 3.63) is 28.8 Å². The van der Waals surface area contributed by atoms with Gasteiger partial charge in [-0.25, -0.2) is 0 Å². The average molecular weight is 272 g/mol. The molecule has 0 amide bonds. The highest BCUT2D eigenvalue weighted by Gasteiger charge is 2.07. The molecule has 4 heteroatoms. The molecule has 1 unspecified atom stereocenters. The van der Waals surface area contributed by atoms with Crippen molar-refractivity contribution in [1.82, 2.24) is 5.32 Å².